The van der Waals surface area contributed by atoms with Crippen LogP contribution in [0.5, 0.6) is 0 Å². The van der Waals surface area contributed by atoms with Crippen LogP contribution in [-0.2, 0) is 0 Å². The molecule has 0 aromatic carbocycles. The van der Waals surface area contributed by atoms with Crippen molar-refractivity contribution in [2.75, 3.05) is 0 Å². The van der Waals surface area contributed by atoms with Gasteiger partial charge in [-0.05, 0) is 44.4 Å². The van der Waals surface area contributed by atoms with Gasteiger partial charge < -0.3 is 10.1 Å². The van der Waals surface area contributed by atoms with Gasteiger partial charge in [0, 0.05) is 10.7 Å². The van der Waals surface area contributed by atoms with Crippen molar-refractivity contribution in [3.05, 3.63) is 44.9 Å². The van der Waals surface area contributed by atoms with Gasteiger partial charge in [0.1, 0.15) is 12.0 Å². The van der Waals surface area contributed by atoms with Gasteiger partial charge in [-0.2, -0.15) is 0 Å². The summed E-state index contributed by atoms with van der Waals surface area (Å²) in [5.41, 5.74) is 1.00. The molecular weight excluding hydrogens is 276 g/mol. The van der Waals surface area contributed by atoms with E-state index in [1.807, 2.05) is 13.0 Å². The smallest absolute Gasteiger partial charge is 0.358 e. The summed E-state index contributed by atoms with van der Waals surface area (Å²) in [6.45, 7) is 1.92. The summed E-state index contributed by atoms with van der Waals surface area (Å²) in [4.78, 5) is 17.7. The first-order valence-corrected chi connectivity index (χ1v) is 5.18. The van der Waals surface area contributed by atoms with Crippen molar-refractivity contribution < 1.29 is 4.92 Å². The highest BCUT2D eigenvalue weighted by Gasteiger charge is 2.11. The lowest BCUT2D eigenvalue weighted by Gasteiger charge is -2.01. The average Bonchev–Trinajstić information content (AvgIpc) is 2.71. The number of imidazole rings is 1. The van der Waals surface area contributed by atoms with Crippen LogP contribution in [-0.4, -0.2) is 19.5 Å². The number of rotatable bonds is 2. The molecule has 0 aliphatic rings. The van der Waals surface area contributed by atoms with Crippen LogP contribution >= 0.6 is 15.9 Å². The quantitative estimate of drug-likeness (QED) is 0.625. The molecule has 0 atom stereocenters. The summed E-state index contributed by atoms with van der Waals surface area (Å²) < 4.78 is 2.41. The average molecular weight is 283 g/mol. The minimum Gasteiger partial charge on any atom is -0.358 e. The Hall–Kier alpha value is -1.76. The van der Waals surface area contributed by atoms with E-state index in [2.05, 4.69) is 25.9 Å². The molecule has 6 nitrogen and oxygen atoms in total. The van der Waals surface area contributed by atoms with Crippen LogP contribution in [0.2, 0.25) is 0 Å². The van der Waals surface area contributed by atoms with E-state index < -0.39 is 4.92 Å². The number of pyridine rings is 1. The van der Waals surface area contributed by atoms with E-state index in [9.17, 15) is 10.1 Å². The molecule has 0 bridgehead atoms. The fraction of sp³-hybridized carbons (Fsp3) is 0.111. The van der Waals surface area contributed by atoms with E-state index in [4.69, 9.17) is 0 Å². The lowest BCUT2D eigenvalue weighted by Crippen LogP contribution is -1.95. The largest absolute Gasteiger partial charge is 0.381 e. The van der Waals surface area contributed by atoms with Crippen LogP contribution in [0.1, 0.15) is 5.56 Å². The summed E-state index contributed by atoms with van der Waals surface area (Å²) in [6.07, 6.45) is 4.35. The molecule has 2 aromatic heterocycles. The van der Waals surface area contributed by atoms with E-state index in [0.29, 0.717) is 5.82 Å². The zero-order valence-corrected chi connectivity index (χ0v) is 9.88. The van der Waals surface area contributed by atoms with Crippen LogP contribution in [0.4, 0.5) is 5.82 Å². The Morgan fingerprint density at radius 2 is 2.25 bits per heavy atom. The third kappa shape index (κ3) is 1.94. The topological polar surface area (TPSA) is 73.8 Å². The molecule has 2 aromatic rings. The maximum Gasteiger partial charge on any atom is 0.381 e. The first-order valence-electron chi connectivity index (χ1n) is 4.39. The van der Waals surface area contributed by atoms with Crippen LogP contribution in [0.3, 0.4) is 0 Å². The number of aromatic nitrogens is 3. The third-order valence-corrected chi connectivity index (χ3v) is 2.88. The highest BCUT2D eigenvalue weighted by atomic mass is 79.9. The molecule has 0 aliphatic carbocycles. The van der Waals surface area contributed by atoms with Gasteiger partial charge in [0.05, 0.1) is 0 Å². The maximum atomic E-state index is 10.5. The molecule has 0 radical (unpaired) electrons. The van der Waals surface area contributed by atoms with Gasteiger partial charge in [0.25, 0.3) is 0 Å². The second-order valence-corrected chi connectivity index (χ2v) is 4.04. The SMILES string of the molecule is Cc1cc(-n2cnc([N+](=O)[O-])c2)ncc1Br. The van der Waals surface area contributed by atoms with Gasteiger partial charge in [-0.15, -0.1) is 0 Å². The number of halogens is 1. The first kappa shape index (κ1) is 10.7. The van der Waals surface area contributed by atoms with Gasteiger partial charge in [-0.3, -0.25) is 4.57 Å². The van der Waals surface area contributed by atoms with Crippen molar-refractivity contribution in [2.24, 2.45) is 0 Å². The molecule has 0 N–H and O–H groups in total. The van der Waals surface area contributed by atoms with Crippen molar-refractivity contribution >= 4 is 21.7 Å². The third-order valence-electron chi connectivity index (χ3n) is 2.05. The van der Waals surface area contributed by atoms with Crippen molar-refractivity contribution in [2.45, 2.75) is 6.92 Å². The van der Waals surface area contributed by atoms with E-state index >= 15 is 0 Å². The van der Waals surface area contributed by atoms with E-state index in [-0.39, 0.29) is 5.82 Å². The fourth-order valence-corrected chi connectivity index (χ4v) is 1.41. The van der Waals surface area contributed by atoms with Crippen molar-refractivity contribution in [3.63, 3.8) is 0 Å². The summed E-state index contributed by atoms with van der Waals surface area (Å²) >= 11 is 3.33. The van der Waals surface area contributed by atoms with Crippen LogP contribution < -0.4 is 0 Å². The highest BCUT2D eigenvalue weighted by molar-refractivity contribution is 9.10. The predicted octanol–water partition coefficient (Wildman–Crippen LogP) is 2.25. The minimum absolute atomic E-state index is 0.192. The molecule has 0 fully saturated rings. The Balaban J connectivity index is 2.42. The number of hydrogen-bond acceptors (Lipinski definition) is 4. The monoisotopic (exact) mass is 282 g/mol. The molecule has 0 unspecified atom stereocenters. The van der Waals surface area contributed by atoms with Gasteiger partial charge in [0.2, 0.25) is 6.33 Å². The highest BCUT2D eigenvalue weighted by Crippen LogP contribution is 2.18. The van der Waals surface area contributed by atoms with Crippen LogP contribution in [0.25, 0.3) is 5.82 Å². The van der Waals surface area contributed by atoms with Gasteiger partial charge >= 0.3 is 5.82 Å². The summed E-state index contributed by atoms with van der Waals surface area (Å²) in [7, 11) is 0. The number of hydrogen-bond donors (Lipinski definition) is 0. The summed E-state index contributed by atoms with van der Waals surface area (Å²) in [6, 6.07) is 1.81. The lowest BCUT2D eigenvalue weighted by molar-refractivity contribution is -0.389. The van der Waals surface area contributed by atoms with Gasteiger partial charge in [-0.25, -0.2) is 4.98 Å². The first-order chi connectivity index (χ1) is 7.58. The molecule has 2 rings (SSSR count). The van der Waals surface area contributed by atoms with Crippen molar-refractivity contribution in [1.82, 2.24) is 14.5 Å². The van der Waals surface area contributed by atoms with E-state index in [0.717, 1.165) is 10.0 Å². The zero-order chi connectivity index (χ0) is 11.7. The molecular formula is C9H7BrN4O2. The van der Waals surface area contributed by atoms with Crippen molar-refractivity contribution in [1.29, 1.82) is 0 Å². The van der Waals surface area contributed by atoms with Gasteiger partial charge in [0.15, 0.2) is 0 Å². The zero-order valence-electron chi connectivity index (χ0n) is 8.29. The standard InChI is InChI=1S/C9H7BrN4O2/c1-6-2-8(11-3-7(6)10)13-4-9(12-5-13)14(15)16/h2-5H,1H3. The second kappa shape index (κ2) is 4.01. The molecule has 0 aliphatic heterocycles. The molecule has 16 heavy (non-hydrogen) atoms. The predicted molar refractivity (Wildman–Crippen MR) is 60.5 cm³/mol. The molecule has 7 heteroatoms. The Kier molecular flexibility index (Phi) is 2.69. The maximum absolute atomic E-state index is 10.5. The Morgan fingerprint density at radius 3 is 2.81 bits per heavy atom. The Labute approximate surface area is 99.2 Å². The molecule has 0 saturated heterocycles. The van der Waals surface area contributed by atoms with E-state index in [1.165, 1.54) is 17.1 Å². The fourth-order valence-electron chi connectivity index (χ4n) is 1.20. The molecule has 0 amide bonds. The van der Waals surface area contributed by atoms with Crippen LogP contribution in [0, 0.1) is 17.0 Å². The van der Waals surface area contributed by atoms with Crippen molar-refractivity contribution in [3.8, 4) is 5.82 Å². The lowest BCUT2D eigenvalue weighted by atomic mass is 10.3. The number of nitrogens with zero attached hydrogens (tertiary/aromatic N) is 4. The molecule has 0 spiro atoms. The molecule has 82 valence electrons. The van der Waals surface area contributed by atoms with Gasteiger partial charge in [-0.1, -0.05) is 0 Å². The van der Waals surface area contributed by atoms with E-state index in [1.54, 1.807) is 6.20 Å². The number of nitro groups is 1. The normalized spacial score (nSPS) is 10.4. The Morgan fingerprint density at radius 1 is 1.50 bits per heavy atom. The molecule has 0 saturated carbocycles. The summed E-state index contributed by atoms with van der Waals surface area (Å²) in [5, 5.41) is 10.5. The van der Waals surface area contributed by atoms with Crippen LogP contribution in [0.15, 0.2) is 29.3 Å². The summed E-state index contributed by atoms with van der Waals surface area (Å²) in [5.74, 6) is 0.406. The Bertz CT molecular complexity index is 552. The second-order valence-electron chi connectivity index (χ2n) is 3.19. The molecule has 2 heterocycles. The minimum atomic E-state index is -0.539. The number of aryl methyl sites for hydroxylation is 1.